The van der Waals surface area contributed by atoms with Gasteiger partial charge in [-0.1, -0.05) is 26.7 Å². The van der Waals surface area contributed by atoms with Gasteiger partial charge in [-0.3, -0.25) is 4.79 Å². The third-order valence-corrected chi connectivity index (χ3v) is 3.78. The average Bonchev–Trinajstić information content (AvgIpc) is 2.35. The third kappa shape index (κ3) is 3.48. The van der Waals surface area contributed by atoms with Crippen LogP contribution >= 0.6 is 0 Å². The Bertz CT molecular complexity index is 214. The van der Waals surface area contributed by atoms with Gasteiger partial charge in [-0.25, -0.2) is 0 Å². The van der Waals surface area contributed by atoms with Crippen molar-refractivity contribution in [3.63, 3.8) is 0 Å². The molecule has 3 heteroatoms. The molecular weight excluding hydrogens is 200 g/mol. The molecule has 1 aliphatic rings. The van der Waals surface area contributed by atoms with E-state index in [4.69, 9.17) is 0 Å². The Morgan fingerprint density at radius 1 is 1.25 bits per heavy atom. The third-order valence-electron chi connectivity index (χ3n) is 3.78. The molecule has 1 amide bonds. The van der Waals surface area contributed by atoms with Gasteiger partial charge in [0.05, 0.1) is 5.92 Å². The van der Waals surface area contributed by atoms with E-state index in [-0.39, 0.29) is 11.8 Å². The van der Waals surface area contributed by atoms with Crippen LogP contribution in [0.25, 0.3) is 0 Å². The molecule has 0 radical (unpaired) electrons. The highest BCUT2D eigenvalue weighted by Crippen LogP contribution is 2.25. The van der Waals surface area contributed by atoms with Crippen LogP contribution in [0.1, 0.15) is 52.4 Å². The van der Waals surface area contributed by atoms with Gasteiger partial charge in [-0.15, -0.1) is 0 Å². The Balaban J connectivity index is 2.55. The smallest absolute Gasteiger partial charge is 0.224 e. The van der Waals surface area contributed by atoms with Gasteiger partial charge in [0.25, 0.3) is 0 Å². The molecule has 1 rings (SSSR count). The van der Waals surface area contributed by atoms with Crippen LogP contribution < -0.4 is 10.6 Å². The quantitative estimate of drug-likeness (QED) is 0.753. The molecule has 0 heterocycles. The van der Waals surface area contributed by atoms with Crippen molar-refractivity contribution in [1.29, 1.82) is 0 Å². The minimum absolute atomic E-state index is 0.180. The predicted octanol–water partition coefficient (Wildman–Crippen LogP) is 2.07. The summed E-state index contributed by atoms with van der Waals surface area (Å²) >= 11 is 0. The number of hydrogen-bond acceptors (Lipinski definition) is 2. The lowest BCUT2D eigenvalue weighted by Gasteiger charge is -2.33. The van der Waals surface area contributed by atoms with Gasteiger partial charge in [-0.05, 0) is 25.7 Å². The second kappa shape index (κ2) is 6.89. The van der Waals surface area contributed by atoms with Crippen molar-refractivity contribution in [2.24, 2.45) is 5.92 Å². The van der Waals surface area contributed by atoms with Crippen molar-refractivity contribution in [2.45, 2.75) is 64.5 Å². The van der Waals surface area contributed by atoms with Crippen LogP contribution in [-0.4, -0.2) is 25.0 Å². The molecule has 0 aromatic rings. The van der Waals surface area contributed by atoms with E-state index in [1.807, 2.05) is 0 Å². The molecule has 0 saturated heterocycles. The molecule has 0 bridgehead atoms. The van der Waals surface area contributed by atoms with Crippen LogP contribution in [-0.2, 0) is 4.79 Å². The lowest BCUT2D eigenvalue weighted by molar-refractivity contribution is -0.126. The molecule has 94 valence electrons. The second-order valence-electron chi connectivity index (χ2n) is 4.79. The average molecular weight is 226 g/mol. The van der Waals surface area contributed by atoms with Crippen molar-refractivity contribution >= 4 is 5.91 Å². The van der Waals surface area contributed by atoms with Gasteiger partial charge in [-0.2, -0.15) is 0 Å². The van der Waals surface area contributed by atoms with Crippen LogP contribution in [0, 0.1) is 5.92 Å². The largest absolute Gasteiger partial charge is 0.359 e. The number of rotatable bonds is 5. The lowest BCUT2D eigenvalue weighted by Crippen LogP contribution is -2.48. The van der Waals surface area contributed by atoms with Crippen LogP contribution in [0.3, 0.4) is 0 Å². The first kappa shape index (κ1) is 13.5. The van der Waals surface area contributed by atoms with Gasteiger partial charge < -0.3 is 10.6 Å². The maximum atomic E-state index is 11.8. The maximum Gasteiger partial charge on any atom is 0.224 e. The summed E-state index contributed by atoms with van der Waals surface area (Å²) in [6.45, 7) is 4.41. The van der Waals surface area contributed by atoms with Crippen molar-refractivity contribution < 1.29 is 4.79 Å². The fourth-order valence-electron chi connectivity index (χ4n) is 2.66. The molecular formula is C13H26N2O. The fraction of sp³-hybridized carbons (Fsp3) is 0.923. The van der Waals surface area contributed by atoms with E-state index in [2.05, 4.69) is 24.5 Å². The van der Waals surface area contributed by atoms with Crippen LogP contribution in [0.15, 0.2) is 0 Å². The summed E-state index contributed by atoms with van der Waals surface area (Å²) in [6, 6.07) is 0.953. The molecule has 1 fully saturated rings. The molecule has 0 spiro atoms. The number of hydrogen-bond donors (Lipinski definition) is 2. The molecule has 2 N–H and O–H groups in total. The van der Waals surface area contributed by atoms with E-state index in [0.717, 1.165) is 25.7 Å². The Morgan fingerprint density at radius 2 is 1.88 bits per heavy atom. The molecule has 0 aromatic heterocycles. The first-order valence-electron chi connectivity index (χ1n) is 6.70. The maximum absolute atomic E-state index is 11.8. The van der Waals surface area contributed by atoms with Gasteiger partial charge in [0.15, 0.2) is 0 Å². The summed E-state index contributed by atoms with van der Waals surface area (Å²) in [5, 5.41) is 6.45. The number of nitrogens with one attached hydrogen (secondary N) is 2. The normalized spacial score (nSPS) is 25.8. The Kier molecular flexibility index (Phi) is 5.81. The first-order valence-corrected chi connectivity index (χ1v) is 6.70. The van der Waals surface area contributed by atoms with Crippen molar-refractivity contribution in [3.05, 3.63) is 0 Å². The SMILES string of the molecule is CCC(CC)NC1CCCCC1C(=O)NC. The van der Waals surface area contributed by atoms with Crippen LogP contribution in [0.4, 0.5) is 0 Å². The molecule has 16 heavy (non-hydrogen) atoms. The zero-order valence-corrected chi connectivity index (χ0v) is 10.9. The van der Waals surface area contributed by atoms with Crippen LogP contribution in [0.2, 0.25) is 0 Å². The molecule has 2 atom stereocenters. The van der Waals surface area contributed by atoms with E-state index in [9.17, 15) is 4.79 Å². The van der Waals surface area contributed by atoms with E-state index in [1.54, 1.807) is 7.05 Å². The summed E-state index contributed by atoms with van der Waals surface area (Å²) in [6.07, 6.45) is 6.93. The van der Waals surface area contributed by atoms with E-state index in [1.165, 1.54) is 12.8 Å². The van der Waals surface area contributed by atoms with E-state index >= 15 is 0 Å². The zero-order chi connectivity index (χ0) is 12.0. The fourth-order valence-corrected chi connectivity index (χ4v) is 2.66. The minimum atomic E-state index is 0.180. The van der Waals surface area contributed by atoms with Gasteiger partial charge in [0, 0.05) is 19.1 Å². The number of carbonyl (C=O) groups excluding carboxylic acids is 1. The van der Waals surface area contributed by atoms with E-state index in [0.29, 0.717) is 12.1 Å². The number of amides is 1. The van der Waals surface area contributed by atoms with Crippen molar-refractivity contribution in [1.82, 2.24) is 10.6 Å². The highest BCUT2D eigenvalue weighted by atomic mass is 16.1. The molecule has 1 saturated carbocycles. The monoisotopic (exact) mass is 226 g/mol. The zero-order valence-electron chi connectivity index (χ0n) is 10.9. The highest BCUT2D eigenvalue weighted by Gasteiger charge is 2.30. The Morgan fingerprint density at radius 3 is 2.44 bits per heavy atom. The minimum Gasteiger partial charge on any atom is -0.359 e. The molecule has 1 aliphatic carbocycles. The van der Waals surface area contributed by atoms with Crippen molar-refractivity contribution in [3.8, 4) is 0 Å². The predicted molar refractivity (Wildman–Crippen MR) is 67.3 cm³/mol. The van der Waals surface area contributed by atoms with Crippen molar-refractivity contribution in [2.75, 3.05) is 7.05 Å². The van der Waals surface area contributed by atoms with E-state index < -0.39 is 0 Å². The summed E-state index contributed by atoms with van der Waals surface area (Å²) < 4.78 is 0. The summed E-state index contributed by atoms with van der Waals surface area (Å²) in [7, 11) is 1.74. The summed E-state index contributed by atoms with van der Waals surface area (Å²) in [5.41, 5.74) is 0. The highest BCUT2D eigenvalue weighted by molar-refractivity contribution is 5.79. The molecule has 0 aliphatic heterocycles. The molecule has 2 unspecified atom stereocenters. The number of carbonyl (C=O) groups is 1. The van der Waals surface area contributed by atoms with Gasteiger partial charge >= 0.3 is 0 Å². The standard InChI is InChI=1S/C13H26N2O/c1-4-10(5-2)15-12-9-7-6-8-11(12)13(16)14-3/h10-12,15H,4-9H2,1-3H3,(H,14,16). The van der Waals surface area contributed by atoms with Crippen LogP contribution in [0.5, 0.6) is 0 Å². The van der Waals surface area contributed by atoms with Gasteiger partial charge in [0.2, 0.25) is 5.91 Å². The Hall–Kier alpha value is -0.570. The second-order valence-corrected chi connectivity index (χ2v) is 4.79. The molecule has 0 aromatic carbocycles. The lowest BCUT2D eigenvalue weighted by atomic mass is 9.83. The summed E-state index contributed by atoms with van der Waals surface area (Å²) in [5.74, 6) is 0.391. The first-order chi connectivity index (χ1) is 7.72. The summed E-state index contributed by atoms with van der Waals surface area (Å²) in [4.78, 5) is 11.8. The topological polar surface area (TPSA) is 41.1 Å². The molecule has 3 nitrogen and oxygen atoms in total. The van der Waals surface area contributed by atoms with Gasteiger partial charge in [0.1, 0.15) is 0 Å². The Labute approximate surface area is 99.4 Å².